The lowest BCUT2D eigenvalue weighted by Crippen LogP contribution is -2.29. The van der Waals surface area contributed by atoms with E-state index in [1.807, 2.05) is 24.3 Å². The van der Waals surface area contributed by atoms with Crippen LogP contribution in [-0.2, 0) is 6.54 Å². The highest BCUT2D eigenvalue weighted by Gasteiger charge is 2.17. The van der Waals surface area contributed by atoms with E-state index in [9.17, 15) is 0 Å². The van der Waals surface area contributed by atoms with Gasteiger partial charge in [0.25, 0.3) is 0 Å². The van der Waals surface area contributed by atoms with E-state index >= 15 is 0 Å². The van der Waals surface area contributed by atoms with Crippen molar-refractivity contribution in [2.24, 2.45) is 4.99 Å². The molecule has 0 saturated carbocycles. The van der Waals surface area contributed by atoms with E-state index in [0.29, 0.717) is 23.5 Å². The van der Waals surface area contributed by atoms with Crippen molar-refractivity contribution in [1.29, 1.82) is 0 Å². The summed E-state index contributed by atoms with van der Waals surface area (Å²) in [5.74, 6) is 1.42. The van der Waals surface area contributed by atoms with Crippen molar-refractivity contribution in [1.82, 2.24) is 19.9 Å². The van der Waals surface area contributed by atoms with Gasteiger partial charge in [-0.2, -0.15) is 0 Å². The van der Waals surface area contributed by atoms with Gasteiger partial charge in [-0.05, 0) is 25.7 Å². The van der Waals surface area contributed by atoms with Gasteiger partial charge in [-0.1, -0.05) is 18.2 Å². The van der Waals surface area contributed by atoms with E-state index in [-0.39, 0.29) is 0 Å². The standard InChI is InChI=1S/C17H19N5OSi/c1-24(2,3)23-15-7-5-4-6-13(15)10-18-12-16-21-11-14-17(22-16)20-9-8-19-14/h4-9,11-12H,10H2,1-3H3/b18-12+. The van der Waals surface area contributed by atoms with Crippen LogP contribution < -0.4 is 4.43 Å². The van der Waals surface area contributed by atoms with Gasteiger partial charge in [-0.15, -0.1) is 0 Å². The van der Waals surface area contributed by atoms with Crippen molar-refractivity contribution in [3.8, 4) is 5.75 Å². The second kappa shape index (κ2) is 6.84. The van der Waals surface area contributed by atoms with Crippen molar-refractivity contribution in [2.75, 3.05) is 0 Å². The highest BCUT2D eigenvalue weighted by Crippen LogP contribution is 2.22. The summed E-state index contributed by atoms with van der Waals surface area (Å²) in [5, 5.41) is 0. The summed E-state index contributed by atoms with van der Waals surface area (Å²) in [6.45, 7) is 7.01. The minimum atomic E-state index is -1.65. The molecule has 3 rings (SSSR count). The Hall–Kier alpha value is -2.67. The third-order valence-electron chi connectivity index (χ3n) is 3.10. The molecule has 0 unspecified atom stereocenters. The van der Waals surface area contributed by atoms with Gasteiger partial charge in [0.15, 0.2) is 11.5 Å². The zero-order valence-corrected chi connectivity index (χ0v) is 15.0. The Morgan fingerprint density at radius 1 is 1.08 bits per heavy atom. The molecule has 0 saturated heterocycles. The molecule has 6 nitrogen and oxygen atoms in total. The first-order valence-electron chi connectivity index (χ1n) is 7.72. The monoisotopic (exact) mass is 337 g/mol. The summed E-state index contributed by atoms with van der Waals surface area (Å²) in [6, 6.07) is 7.99. The molecule has 122 valence electrons. The van der Waals surface area contributed by atoms with E-state index in [0.717, 1.165) is 11.3 Å². The molecular formula is C17H19N5OSi. The van der Waals surface area contributed by atoms with Crippen molar-refractivity contribution in [3.63, 3.8) is 0 Å². The molecule has 0 spiro atoms. The molecule has 2 heterocycles. The number of nitrogens with zero attached hydrogens (tertiary/aromatic N) is 5. The summed E-state index contributed by atoms with van der Waals surface area (Å²) >= 11 is 0. The minimum absolute atomic E-state index is 0.516. The average Bonchev–Trinajstić information content (AvgIpc) is 2.55. The van der Waals surface area contributed by atoms with E-state index in [4.69, 9.17) is 4.43 Å². The molecule has 0 N–H and O–H groups in total. The molecule has 0 aliphatic heterocycles. The van der Waals surface area contributed by atoms with Crippen LogP contribution in [0.1, 0.15) is 11.4 Å². The first kappa shape index (κ1) is 16.2. The van der Waals surface area contributed by atoms with Crippen LogP contribution in [0.25, 0.3) is 11.2 Å². The van der Waals surface area contributed by atoms with Crippen LogP contribution in [0.2, 0.25) is 19.6 Å². The van der Waals surface area contributed by atoms with Crippen LogP contribution in [0, 0.1) is 0 Å². The summed E-state index contributed by atoms with van der Waals surface area (Å²) in [4.78, 5) is 21.3. The number of hydrogen-bond acceptors (Lipinski definition) is 6. The Labute approximate surface area is 141 Å². The summed E-state index contributed by atoms with van der Waals surface area (Å²) in [6.07, 6.45) is 6.54. The van der Waals surface area contributed by atoms with Crippen molar-refractivity contribution >= 4 is 25.7 Å². The van der Waals surface area contributed by atoms with Crippen LogP contribution in [0.15, 0.2) is 47.8 Å². The second-order valence-electron chi connectivity index (χ2n) is 6.29. The van der Waals surface area contributed by atoms with Gasteiger partial charge >= 0.3 is 0 Å². The number of fused-ring (bicyclic) bond motifs is 1. The Balaban J connectivity index is 1.76. The van der Waals surface area contributed by atoms with Crippen LogP contribution in [0.4, 0.5) is 0 Å². The van der Waals surface area contributed by atoms with Gasteiger partial charge in [0, 0.05) is 18.0 Å². The lowest BCUT2D eigenvalue weighted by Gasteiger charge is -2.21. The summed E-state index contributed by atoms with van der Waals surface area (Å²) < 4.78 is 6.11. The Kier molecular flexibility index (Phi) is 4.61. The third kappa shape index (κ3) is 4.20. The molecule has 0 fully saturated rings. The number of para-hydroxylation sites is 1. The van der Waals surface area contributed by atoms with Gasteiger partial charge < -0.3 is 4.43 Å². The van der Waals surface area contributed by atoms with Crippen molar-refractivity contribution < 1.29 is 4.43 Å². The number of aromatic nitrogens is 4. The van der Waals surface area contributed by atoms with Crippen molar-refractivity contribution in [2.45, 2.75) is 26.2 Å². The highest BCUT2D eigenvalue weighted by molar-refractivity contribution is 6.70. The Morgan fingerprint density at radius 3 is 2.71 bits per heavy atom. The molecule has 0 radical (unpaired) electrons. The number of hydrogen-bond donors (Lipinski definition) is 0. The Bertz CT molecular complexity index is 876. The molecule has 0 aliphatic carbocycles. The zero-order valence-electron chi connectivity index (χ0n) is 14.0. The van der Waals surface area contributed by atoms with Crippen LogP contribution in [0.3, 0.4) is 0 Å². The lowest BCUT2D eigenvalue weighted by molar-refractivity contribution is 0.549. The molecule has 3 aromatic rings. The highest BCUT2D eigenvalue weighted by atomic mass is 28.4. The molecule has 1 aromatic carbocycles. The Morgan fingerprint density at radius 2 is 1.88 bits per heavy atom. The number of benzene rings is 1. The smallest absolute Gasteiger partial charge is 0.242 e. The van der Waals surface area contributed by atoms with Gasteiger partial charge in [0.1, 0.15) is 11.3 Å². The van der Waals surface area contributed by atoms with E-state index < -0.39 is 8.32 Å². The van der Waals surface area contributed by atoms with Gasteiger partial charge in [-0.25, -0.2) is 19.9 Å². The average molecular weight is 337 g/mol. The maximum atomic E-state index is 6.11. The number of rotatable bonds is 5. The quantitative estimate of drug-likeness (QED) is 0.528. The van der Waals surface area contributed by atoms with Crippen LogP contribution in [0.5, 0.6) is 5.75 Å². The molecule has 0 bridgehead atoms. The predicted molar refractivity (Wildman–Crippen MR) is 96.8 cm³/mol. The summed E-state index contributed by atoms with van der Waals surface area (Å²) in [7, 11) is -1.65. The fraction of sp³-hybridized carbons (Fsp3) is 0.235. The largest absolute Gasteiger partial charge is 0.544 e. The molecule has 0 atom stereocenters. The van der Waals surface area contributed by atoms with E-state index in [2.05, 4.69) is 44.6 Å². The fourth-order valence-corrected chi connectivity index (χ4v) is 2.99. The molecule has 0 amide bonds. The maximum Gasteiger partial charge on any atom is 0.242 e. The minimum Gasteiger partial charge on any atom is -0.544 e. The fourth-order valence-electron chi connectivity index (χ4n) is 2.14. The van der Waals surface area contributed by atoms with Crippen LogP contribution >= 0.6 is 0 Å². The number of aliphatic imine (C=N–C) groups is 1. The van der Waals surface area contributed by atoms with Gasteiger partial charge in [0.05, 0.1) is 19.0 Å². The third-order valence-corrected chi connectivity index (χ3v) is 3.94. The second-order valence-corrected chi connectivity index (χ2v) is 10.7. The van der Waals surface area contributed by atoms with Crippen LogP contribution in [-0.4, -0.2) is 34.5 Å². The van der Waals surface area contributed by atoms with Crippen molar-refractivity contribution in [3.05, 3.63) is 54.2 Å². The molecule has 2 aromatic heterocycles. The van der Waals surface area contributed by atoms with E-state index in [1.165, 1.54) is 0 Å². The molecule has 0 aliphatic rings. The normalized spacial score (nSPS) is 12.0. The van der Waals surface area contributed by atoms with Gasteiger partial charge in [-0.3, -0.25) is 4.99 Å². The predicted octanol–water partition coefficient (Wildman–Crippen LogP) is 3.25. The lowest BCUT2D eigenvalue weighted by atomic mass is 10.2. The first-order valence-corrected chi connectivity index (χ1v) is 11.1. The zero-order chi connectivity index (χ0) is 17.0. The molecular weight excluding hydrogens is 318 g/mol. The maximum absolute atomic E-state index is 6.11. The van der Waals surface area contributed by atoms with E-state index in [1.54, 1.807) is 24.8 Å². The molecule has 7 heteroatoms. The SMILES string of the molecule is C[Si](C)(C)Oc1ccccc1C/N=C/c1ncc2nccnc2n1. The molecule has 24 heavy (non-hydrogen) atoms. The topological polar surface area (TPSA) is 73.2 Å². The first-order chi connectivity index (χ1) is 11.5. The summed E-state index contributed by atoms with van der Waals surface area (Å²) in [5.41, 5.74) is 2.29. The van der Waals surface area contributed by atoms with Gasteiger partial charge in [0.2, 0.25) is 8.32 Å².